The smallest absolute Gasteiger partial charge is 0.279 e. The zero-order valence-electron chi connectivity index (χ0n) is 11.1. The Labute approximate surface area is 110 Å². The summed E-state index contributed by atoms with van der Waals surface area (Å²) in [6.07, 6.45) is 4.97. The lowest BCUT2D eigenvalue weighted by Crippen LogP contribution is -2.49. The van der Waals surface area contributed by atoms with Crippen LogP contribution in [0.4, 0.5) is 0 Å². The van der Waals surface area contributed by atoms with Crippen molar-refractivity contribution in [2.45, 2.75) is 45.1 Å². The summed E-state index contributed by atoms with van der Waals surface area (Å²) in [5, 5.41) is 0. The van der Waals surface area contributed by atoms with E-state index >= 15 is 0 Å². The fraction of sp³-hybridized carbons (Fsp3) is 1.00. The van der Waals surface area contributed by atoms with Crippen molar-refractivity contribution < 1.29 is 8.42 Å². The third kappa shape index (κ3) is 3.23. The number of hydrogen-bond acceptors (Lipinski definition) is 3. The van der Waals surface area contributed by atoms with E-state index in [4.69, 9.17) is 5.73 Å². The van der Waals surface area contributed by atoms with Crippen LogP contribution in [-0.4, -0.2) is 38.4 Å². The molecule has 0 bridgehead atoms. The summed E-state index contributed by atoms with van der Waals surface area (Å²) >= 11 is 0. The second-order valence-corrected chi connectivity index (χ2v) is 7.44. The van der Waals surface area contributed by atoms with Gasteiger partial charge in [0.25, 0.3) is 10.2 Å². The maximum absolute atomic E-state index is 12.3. The monoisotopic (exact) mass is 275 g/mol. The Bertz CT molecular complexity index is 364. The van der Waals surface area contributed by atoms with Crippen LogP contribution in [0.15, 0.2) is 0 Å². The van der Waals surface area contributed by atoms with E-state index in [0.717, 1.165) is 32.1 Å². The van der Waals surface area contributed by atoms with Gasteiger partial charge in [-0.3, -0.25) is 0 Å². The van der Waals surface area contributed by atoms with Crippen molar-refractivity contribution in [1.82, 2.24) is 9.03 Å². The maximum Gasteiger partial charge on any atom is 0.279 e. The summed E-state index contributed by atoms with van der Waals surface area (Å²) in [6.45, 7) is 4.05. The number of nitrogens with zero attached hydrogens (tertiary/aromatic N) is 1. The second kappa shape index (κ2) is 5.86. The van der Waals surface area contributed by atoms with Crippen LogP contribution in [0.2, 0.25) is 0 Å². The van der Waals surface area contributed by atoms with E-state index in [0.29, 0.717) is 31.5 Å². The highest BCUT2D eigenvalue weighted by molar-refractivity contribution is 7.87. The van der Waals surface area contributed by atoms with Crippen LogP contribution in [-0.2, 0) is 10.2 Å². The normalized spacial score (nSPS) is 31.9. The molecule has 0 spiro atoms. The highest BCUT2D eigenvalue weighted by atomic mass is 32.2. The average molecular weight is 275 g/mol. The molecule has 0 aromatic rings. The maximum atomic E-state index is 12.3. The van der Waals surface area contributed by atoms with E-state index in [1.165, 1.54) is 0 Å². The van der Waals surface area contributed by atoms with Gasteiger partial charge in [-0.05, 0) is 44.1 Å². The van der Waals surface area contributed by atoms with Crippen LogP contribution >= 0.6 is 0 Å². The minimum atomic E-state index is -3.31. The van der Waals surface area contributed by atoms with Crippen LogP contribution in [0.5, 0.6) is 0 Å². The average Bonchev–Trinajstić information content (AvgIpc) is 2.76. The molecule has 18 heavy (non-hydrogen) atoms. The lowest BCUT2D eigenvalue weighted by molar-refractivity contribution is 0.281. The molecule has 106 valence electrons. The van der Waals surface area contributed by atoms with E-state index in [2.05, 4.69) is 11.6 Å². The van der Waals surface area contributed by atoms with Gasteiger partial charge in [-0.2, -0.15) is 17.4 Å². The Balaban J connectivity index is 1.94. The van der Waals surface area contributed by atoms with E-state index in [1.54, 1.807) is 4.31 Å². The van der Waals surface area contributed by atoms with Crippen molar-refractivity contribution in [2.75, 3.05) is 19.6 Å². The largest absolute Gasteiger partial charge is 0.330 e. The topological polar surface area (TPSA) is 75.4 Å². The Morgan fingerprint density at radius 2 is 1.89 bits per heavy atom. The van der Waals surface area contributed by atoms with Crippen LogP contribution in [0.3, 0.4) is 0 Å². The summed E-state index contributed by atoms with van der Waals surface area (Å²) < 4.78 is 29.0. The van der Waals surface area contributed by atoms with Gasteiger partial charge >= 0.3 is 0 Å². The van der Waals surface area contributed by atoms with Crippen LogP contribution in [0.1, 0.15) is 39.0 Å². The molecule has 6 heteroatoms. The third-order valence-electron chi connectivity index (χ3n) is 4.34. The zero-order valence-corrected chi connectivity index (χ0v) is 12.0. The number of nitrogens with two attached hydrogens (primary N) is 1. The van der Waals surface area contributed by atoms with Gasteiger partial charge in [0.1, 0.15) is 0 Å². The van der Waals surface area contributed by atoms with Crippen molar-refractivity contribution in [3.63, 3.8) is 0 Å². The van der Waals surface area contributed by atoms with E-state index in [9.17, 15) is 8.42 Å². The molecule has 3 N–H and O–H groups in total. The summed E-state index contributed by atoms with van der Waals surface area (Å²) in [4.78, 5) is 0. The first-order valence-electron chi connectivity index (χ1n) is 7.00. The number of nitrogens with one attached hydrogen (secondary N) is 1. The second-order valence-electron chi connectivity index (χ2n) is 5.74. The molecule has 2 aliphatic rings. The zero-order chi connectivity index (χ0) is 13.2. The first-order chi connectivity index (χ1) is 8.53. The molecule has 2 fully saturated rings. The number of piperidine rings is 1. The van der Waals surface area contributed by atoms with Gasteiger partial charge in [0.2, 0.25) is 0 Å². The highest BCUT2D eigenvalue weighted by Gasteiger charge is 2.33. The van der Waals surface area contributed by atoms with Crippen molar-refractivity contribution in [1.29, 1.82) is 0 Å². The van der Waals surface area contributed by atoms with Crippen molar-refractivity contribution >= 4 is 10.2 Å². The molecule has 0 amide bonds. The standard InChI is InChI=1S/C12H25N3O2S/c1-10-5-7-15(8-6-10)18(16,17)14-12-4-2-3-11(12)9-13/h10-12,14H,2-9,13H2,1H3. The molecule has 0 aromatic carbocycles. The molecule has 0 radical (unpaired) electrons. The van der Waals surface area contributed by atoms with Crippen LogP contribution in [0, 0.1) is 11.8 Å². The highest BCUT2D eigenvalue weighted by Crippen LogP contribution is 2.26. The van der Waals surface area contributed by atoms with Gasteiger partial charge in [-0.15, -0.1) is 0 Å². The Hall–Kier alpha value is -0.170. The predicted octanol–water partition coefficient (Wildman–Crippen LogP) is 0.680. The molecule has 1 heterocycles. The molecule has 2 atom stereocenters. The molecule has 2 rings (SSSR count). The fourth-order valence-electron chi connectivity index (χ4n) is 2.97. The minimum absolute atomic E-state index is 0.0411. The van der Waals surface area contributed by atoms with Crippen LogP contribution in [0.25, 0.3) is 0 Å². The first-order valence-corrected chi connectivity index (χ1v) is 8.44. The van der Waals surface area contributed by atoms with E-state index in [1.807, 2.05) is 0 Å². The van der Waals surface area contributed by atoms with Crippen molar-refractivity contribution in [3.05, 3.63) is 0 Å². The molecule has 2 unspecified atom stereocenters. The van der Waals surface area contributed by atoms with Gasteiger partial charge < -0.3 is 5.73 Å². The third-order valence-corrected chi connectivity index (χ3v) is 5.99. The van der Waals surface area contributed by atoms with Crippen molar-refractivity contribution in [2.24, 2.45) is 17.6 Å². The number of rotatable bonds is 4. The molecule has 0 aromatic heterocycles. The quantitative estimate of drug-likeness (QED) is 0.792. The van der Waals surface area contributed by atoms with Gasteiger partial charge in [0, 0.05) is 19.1 Å². The summed E-state index contributed by atoms with van der Waals surface area (Å²) in [6, 6.07) is 0.0411. The number of hydrogen-bond donors (Lipinski definition) is 2. The summed E-state index contributed by atoms with van der Waals surface area (Å²) in [7, 11) is -3.31. The van der Waals surface area contributed by atoms with Crippen LogP contribution < -0.4 is 10.5 Å². The van der Waals surface area contributed by atoms with Crippen molar-refractivity contribution in [3.8, 4) is 0 Å². The summed E-state index contributed by atoms with van der Waals surface area (Å²) in [5.41, 5.74) is 5.69. The molecule has 1 saturated carbocycles. The molecule has 1 aliphatic carbocycles. The summed E-state index contributed by atoms with van der Waals surface area (Å²) in [5.74, 6) is 0.947. The molecular formula is C12H25N3O2S. The SMILES string of the molecule is CC1CCN(S(=O)(=O)NC2CCCC2CN)CC1. The molecule has 1 aliphatic heterocycles. The lowest BCUT2D eigenvalue weighted by Gasteiger charge is -2.31. The minimum Gasteiger partial charge on any atom is -0.330 e. The van der Waals surface area contributed by atoms with Gasteiger partial charge in [0.05, 0.1) is 0 Å². The van der Waals surface area contributed by atoms with E-state index < -0.39 is 10.2 Å². The predicted molar refractivity (Wildman–Crippen MR) is 72.2 cm³/mol. The Morgan fingerprint density at radius 1 is 1.22 bits per heavy atom. The molecule has 1 saturated heterocycles. The van der Waals surface area contributed by atoms with Gasteiger partial charge in [0.15, 0.2) is 0 Å². The van der Waals surface area contributed by atoms with Gasteiger partial charge in [-0.1, -0.05) is 13.3 Å². The molecular weight excluding hydrogens is 250 g/mol. The van der Waals surface area contributed by atoms with Gasteiger partial charge in [-0.25, -0.2) is 0 Å². The Morgan fingerprint density at radius 3 is 2.50 bits per heavy atom. The molecule has 5 nitrogen and oxygen atoms in total. The fourth-order valence-corrected chi connectivity index (χ4v) is 4.50. The Kier molecular flexibility index (Phi) is 4.64. The first kappa shape index (κ1) is 14.2. The van der Waals surface area contributed by atoms with E-state index in [-0.39, 0.29) is 6.04 Å². The lowest BCUT2D eigenvalue weighted by atomic mass is 10.0.